The molecule has 0 spiro atoms. The van der Waals surface area contributed by atoms with E-state index in [4.69, 9.17) is 9.84 Å². The summed E-state index contributed by atoms with van der Waals surface area (Å²) in [5, 5.41) is 13.9. The Morgan fingerprint density at radius 1 is 1.22 bits per heavy atom. The van der Waals surface area contributed by atoms with Gasteiger partial charge < -0.3 is 25.3 Å². The lowest BCUT2D eigenvalue weighted by Gasteiger charge is -2.19. The first-order valence-corrected chi connectivity index (χ1v) is 7.58. The van der Waals surface area contributed by atoms with Crippen molar-refractivity contribution in [2.45, 2.75) is 64.5 Å². The van der Waals surface area contributed by atoms with Crippen molar-refractivity contribution in [3.8, 4) is 0 Å². The monoisotopic (exact) mass is 330 g/mol. The Labute approximate surface area is 136 Å². The van der Waals surface area contributed by atoms with Crippen molar-refractivity contribution in [2.75, 3.05) is 6.54 Å². The molecule has 0 aliphatic carbocycles. The highest BCUT2D eigenvalue weighted by atomic mass is 16.6. The first-order valence-electron chi connectivity index (χ1n) is 7.58. The van der Waals surface area contributed by atoms with Crippen molar-refractivity contribution in [1.82, 2.24) is 10.6 Å². The highest BCUT2D eigenvalue weighted by Gasteiger charge is 2.19. The summed E-state index contributed by atoms with van der Waals surface area (Å²) in [5.74, 6) is -1.55. The van der Waals surface area contributed by atoms with Gasteiger partial charge in [-0.2, -0.15) is 0 Å². The molecule has 0 aliphatic rings. The number of carboxylic acid groups (broad SMARTS) is 1. The van der Waals surface area contributed by atoms with Gasteiger partial charge in [-0.1, -0.05) is 0 Å². The van der Waals surface area contributed by atoms with Gasteiger partial charge in [-0.3, -0.25) is 4.79 Å². The zero-order chi connectivity index (χ0) is 17.9. The summed E-state index contributed by atoms with van der Waals surface area (Å²) in [6.45, 7) is 5.66. The number of hydrogen-bond donors (Lipinski definition) is 3. The van der Waals surface area contributed by atoms with E-state index in [1.165, 1.54) is 0 Å². The minimum atomic E-state index is -1.16. The van der Waals surface area contributed by atoms with Crippen LogP contribution in [0.15, 0.2) is 0 Å². The zero-order valence-corrected chi connectivity index (χ0v) is 13.9. The largest absolute Gasteiger partial charge is 0.480 e. The second kappa shape index (κ2) is 10.6. The number of nitrogens with one attached hydrogen (secondary N) is 2. The van der Waals surface area contributed by atoms with Crippen LogP contribution in [0, 0.1) is 0 Å². The lowest BCUT2D eigenvalue weighted by atomic mass is 10.1. The lowest BCUT2D eigenvalue weighted by molar-refractivity contribution is -0.142. The minimum absolute atomic E-state index is 0.0742. The normalized spacial score (nSPS) is 12.1. The maximum Gasteiger partial charge on any atom is 0.407 e. The predicted molar refractivity (Wildman–Crippen MR) is 83.0 cm³/mol. The van der Waals surface area contributed by atoms with Crippen molar-refractivity contribution < 1.29 is 29.0 Å². The van der Waals surface area contributed by atoms with Crippen molar-refractivity contribution in [3.05, 3.63) is 0 Å². The van der Waals surface area contributed by atoms with Crippen molar-refractivity contribution in [3.63, 3.8) is 0 Å². The van der Waals surface area contributed by atoms with Crippen molar-refractivity contribution in [2.24, 2.45) is 0 Å². The van der Waals surface area contributed by atoms with Crippen molar-refractivity contribution in [1.29, 1.82) is 0 Å². The molecule has 2 amide bonds. The smallest absolute Gasteiger partial charge is 0.407 e. The Morgan fingerprint density at radius 3 is 2.39 bits per heavy atom. The summed E-state index contributed by atoms with van der Waals surface area (Å²) in [6, 6.07) is -1.05. The maximum atomic E-state index is 11.6. The van der Waals surface area contributed by atoms with Gasteiger partial charge in [-0.15, -0.1) is 0 Å². The van der Waals surface area contributed by atoms with Gasteiger partial charge in [0.25, 0.3) is 0 Å². The molecule has 3 N–H and O–H groups in total. The van der Waals surface area contributed by atoms with Gasteiger partial charge in [0.05, 0.1) is 0 Å². The Balaban J connectivity index is 3.87. The molecule has 23 heavy (non-hydrogen) atoms. The molecule has 8 nitrogen and oxygen atoms in total. The molecule has 0 aliphatic heterocycles. The van der Waals surface area contributed by atoms with Crippen LogP contribution in [0.2, 0.25) is 0 Å². The van der Waals surface area contributed by atoms with Gasteiger partial charge in [0.1, 0.15) is 17.9 Å². The average molecular weight is 330 g/mol. The molecule has 0 fully saturated rings. The number of amides is 2. The molecule has 132 valence electrons. The number of ether oxygens (including phenoxy) is 1. The minimum Gasteiger partial charge on any atom is -0.480 e. The van der Waals surface area contributed by atoms with Crippen LogP contribution in [0.5, 0.6) is 0 Å². The van der Waals surface area contributed by atoms with E-state index in [-0.39, 0.29) is 25.2 Å². The Morgan fingerprint density at radius 2 is 1.87 bits per heavy atom. The Hall–Kier alpha value is -2.12. The van der Waals surface area contributed by atoms with Crippen LogP contribution in [-0.4, -0.2) is 47.6 Å². The SMILES string of the molecule is CC(C)(C)OC(=O)NCCCCC(=O)NC(CCC=O)C(=O)O. The van der Waals surface area contributed by atoms with E-state index in [0.717, 1.165) is 0 Å². The number of alkyl carbamates (subject to hydrolysis) is 1. The first kappa shape index (κ1) is 20.9. The van der Waals surface area contributed by atoms with Gasteiger partial charge in [-0.25, -0.2) is 9.59 Å². The molecule has 0 aromatic rings. The molecule has 0 bridgehead atoms. The van der Waals surface area contributed by atoms with Gasteiger partial charge in [0.2, 0.25) is 5.91 Å². The second-order valence-electron chi connectivity index (χ2n) is 6.09. The number of carbonyl (C=O) groups is 4. The molecule has 1 unspecified atom stereocenters. The van der Waals surface area contributed by atoms with Crippen LogP contribution in [0.4, 0.5) is 4.79 Å². The average Bonchev–Trinajstić information content (AvgIpc) is 2.40. The van der Waals surface area contributed by atoms with Crippen LogP contribution < -0.4 is 10.6 Å². The summed E-state index contributed by atoms with van der Waals surface area (Å²) < 4.78 is 5.06. The summed E-state index contributed by atoms with van der Waals surface area (Å²) in [6.07, 6.45) is 1.48. The van der Waals surface area contributed by atoms with E-state index in [0.29, 0.717) is 25.7 Å². The summed E-state index contributed by atoms with van der Waals surface area (Å²) in [7, 11) is 0. The topological polar surface area (TPSA) is 122 Å². The number of carbonyl (C=O) groups excluding carboxylic acids is 3. The molecule has 0 saturated heterocycles. The standard InChI is InChI=1S/C15H26N2O6/c1-15(2,3)23-14(22)16-9-5-4-8-12(19)17-11(13(20)21)7-6-10-18/h10-11H,4-9H2,1-3H3,(H,16,22)(H,17,19)(H,20,21). The van der Waals surface area contributed by atoms with E-state index in [1.807, 2.05) is 0 Å². The highest BCUT2D eigenvalue weighted by Crippen LogP contribution is 2.06. The van der Waals surface area contributed by atoms with Crippen LogP contribution in [0.3, 0.4) is 0 Å². The Bertz CT molecular complexity index is 417. The molecule has 8 heteroatoms. The number of aliphatic carboxylic acids is 1. The van der Waals surface area contributed by atoms with Crippen LogP contribution in [0.25, 0.3) is 0 Å². The number of unbranched alkanes of at least 4 members (excludes halogenated alkanes) is 1. The Kier molecular flexibility index (Phi) is 9.60. The third kappa shape index (κ3) is 12.1. The maximum absolute atomic E-state index is 11.6. The third-order valence-electron chi connectivity index (χ3n) is 2.71. The highest BCUT2D eigenvalue weighted by molar-refractivity contribution is 5.83. The van der Waals surface area contributed by atoms with Crippen molar-refractivity contribution >= 4 is 24.3 Å². The van der Waals surface area contributed by atoms with Crippen LogP contribution in [0.1, 0.15) is 52.9 Å². The lowest BCUT2D eigenvalue weighted by Crippen LogP contribution is -2.40. The molecular weight excluding hydrogens is 304 g/mol. The van der Waals surface area contributed by atoms with Gasteiger partial charge >= 0.3 is 12.1 Å². The fourth-order valence-corrected chi connectivity index (χ4v) is 1.67. The quantitative estimate of drug-likeness (QED) is 0.409. The summed E-state index contributed by atoms with van der Waals surface area (Å²) in [5.41, 5.74) is -0.558. The fourth-order valence-electron chi connectivity index (χ4n) is 1.67. The molecule has 0 saturated carbocycles. The van der Waals surface area contributed by atoms with Gasteiger partial charge in [0.15, 0.2) is 0 Å². The number of carboxylic acids is 1. The van der Waals surface area contributed by atoms with E-state index < -0.39 is 23.7 Å². The fraction of sp³-hybridized carbons (Fsp3) is 0.733. The van der Waals surface area contributed by atoms with Crippen LogP contribution in [-0.2, 0) is 19.1 Å². The van der Waals surface area contributed by atoms with E-state index in [1.54, 1.807) is 20.8 Å². The molecule has 0 radical (unpaired) electrons. The second-order valence-corrected chi connectivity index (χ2v) is 6.09. The van der Waals surface area contributed by atoms with E-state index >= 15 is 0 Å². The molecule has 0 rings (SSSR count). The van der Waals surface area contributed by atoms with Crippen LogP contribution >= 0.6 is 0 Å². The molecule has 0 heterocycles. The number of aldehydes is 1. The predicted octanol–water partition coefficient (Wildman–Crippen LogP) is 1.23. The molecule has 1 atom stereocenters. The molecular formula is C15H26N2O6. The van der Waals surface area contributed by atoms with Gasteiger partial charge in [0, 0.05) is 19.4 Å². The van der Waals surface area contributed by atoms with E-state index in [2.05, 4.69) is 10.6 Å². The zero-order valence-electron chi connectivity index (χ0n) is 13.9. The molecule has 0 aromatic heterocycles. The van der Waals surface area contributed by atoms with Gasteiger partial charge in [-0.05, 0) is 40.0 Å². The summed E-state index contributed by atoms with van der Waals surface area (Å²) >= 11 is 0. The molecule has 0 aromatic carbocycles. The summed E-state index contributed by atoms with van der Waals surface area (Å²) in [4.78, 5) is 44.2. The third-order valence-corrected chi connectivity index (χ3v) is 2.71. The number of rotatable bonds is 10. The first-order chi connectivity index (χ1) is 10.7. The van der Waals surface area contributed by atoms with E-state index in [9.17, 15) is 19.2 Å². The number of hydrogen-bond acceptors (Lipinski definition) is 5.